The second kappa shape index (κ2) is 15.6. The summed E-state index contributed by atoms with van der Waals surface area (Å²) >= 11 is 0. The first-order valence-electron chi connectivity index (χ1n) is 19.2. The Balaban J connectivity index is 1.36. The number of amides is 4. The van der Waals surface area contributed by atoms with Crippen LogP contribution in [0.4, 0.5) is 4.79 Å². The molecule has 2 aliphatic carbocycles. The van der Waals surface area contributed by atoms with Gasteiger partial charge in [-0.25, -0.2) is 23.2 Å². The number of nitrogens with zero attached hydrogens (tertiary/aromatic N) is 3. The second-order valence-electron chi connectivity index (χ2n) is 16.7. The number of carbonyl (C=O) groups is 4. The van der Waals surface area contributed by atoms with Crippen LogP contribution in [-0.2, 0) is 35.6 Å². The molecule has 2 saturated carbocycles. The fraction of sp³-hybridized carbons (Fsp3) is 0.641. The number of hydrogen-bond acceptors (Lipinski definition) is 11. The third kappa shape index (κ3) is 9.00. The van der Waals surface area contributed by atoms with Gasteiger partial charge in [0.25, 0.3) is 5.91 Å². The summed E-state index contributed by atoms with van der Waals surface area (Å²) in [5.74, 6) is -1.75. The van der Waals surface area contributed by atoms with E-state index in [-0.39, 0.29) is 30.9 Å². The summed E-state index contributed by atoms with van der Waals surface area (Å²) in [6, 6.07) is 3.13. The molecule has 2 bridgehead atoms. The van der Waals surface area contributed by atoms with Gasteiger partial charge in [0.15, 0.2) is 0 Å². The Hall–Kier alpha value is -4.47. The Bertz CT molecular complexity index is 1950. The molecule has 2 aliphatic heterocycles. The van der Waals surface area contributed by atoms with Crippen molar-refractivity contribution < 1.29 is 41.8 Å². The van der Waals surface area contributed by atoms with Crippen LogP contribution in [0.25, 0.3) is 11.0 Å². The number of rotatable bonds is 8. The molecular formula is C39H54N6O9S. The summed E-state index contributed by atoms with van der Waals surface area (Å²) in [6.45, 7) is 12.2. The van der Waals surface area contributed by atoms with E-state index in [1.807, 2.05) is 12.1 Å². The topological polar surface area (TPSA) is 195 Å². The Labute approximate surface area is 322 Å². The highest BCUT2D eigenvalue weighted by Crippen LogP contribution is 2.39. The lowest BCUT2D eigenvalue weighted by Gasteiger charge is -2.37. The summed E-state index contributed by atoms with van der Waals surface area (Å²) in [5, 5.41) is 4.91. The molecule has 4 amide bonds. The Morgan fingerprint density at radius 1 is 1.05 bits per heavy atom. The van der Waals surface area contributed by atoms with Crippen molar-refractivity contribution in [1.29, 1.82) is 0 Å². The van der Waals surface area contributed by atoms with Gasteiger partial charge in [-0.15, -0.1) is 6.58 Å². The number of methoxy groups -OCH3 is 1. The van der Waals surface area contributed by atoms with E-state index in [1.165, 1.54) is 17.9 Å². The van der Waals surface area contributed by atoms with Gasteiger partial charge in [0.2, 0.25) is 27.7 Å². The van der Waals surface area contributed by atoms with Gasteiger partial charge in [-0.3, -0.25) is 19.1 Å². The molecule has 1 saturated heterocycles. The molecule has 2 aromatic rings. The first-order valence-corrected chi connectivity index (χ1v) is 20.8. The van der Waals surface area contributed by atoms with E-state index in [4.69, 9.17) is 24.2 Å². The van der Waals surface area contributed by atoms with Crippen LogP contribution in [0.5, 0.6) is 11.6 Å². The zero-order valence-electron chi connectivity index (χ0n) is 32.6. The number of carbonyl (C=O) groups excluding carboxylic acids is 4. The van der Waals surface area contributed by atoms with Crippen LogP contribution in [0.3, 0.4) is 0 Å². The Morgan fingerprint density at radius 2 is 1.80 bits per heavy atom. The van der Waals surface area contributed by atoms with Crippen molar-refractivity contribution in [2.75, 3.05) is 13.7 Å². The molecule has 3 heterocycles. The molecule has 16 heteroatoms. The highest BCUT2D eigenvalue weighted by atomic mass is 32.2. The molecule has 6 rings (SSSR count). The van der Waals surface area contributed by atoms with E-state index >= 15 is 0 Å². The zero-order valence-corrected chi connectivity index (χ0v) is 33.4. The third-order valence-corrected chi connectivity index (χ3v) is 13.1. The van der Waals surface area contributed by atoms with E-state index in [0.29, 0.717) is 41.7 Å². The number of aromatic nitrogens is 2. The van der Waals surface area contributed by atoms with Crippen LogP contribution in [0.1, 0.15) is 91.7 Å². The summed E-state index contributed by atoms with van der Waals surface area (Å²) in [5.41, 5.74) is -0.692. The molecule has 7 atom stereocenters. The summed E-state index contributed by atoms with van der Waals surface area (Å²) in [7, 11) is -2.39. The number of nitrogens with one attached hydrogen (secondary N) is 3. The van der Waals surface area contributed by atoms with Crippen LogP contribution in [-0.4, -0.2) is 95.8 Å². The van der Waals surface area contributed by atoms with Crippen molar-refractivity contribution in [1.82, 2.24) is 30.2 Å². The molecule has 55 heavy (non-hydrogen) atoms. The summed E-state index contributed by atoms with van der Waals surface area (Å²) in [6.07, 6.45) is 5.60. The van der Waals surface area contributed by atoms with Crippen LogP contribution in [0.2, 0.25) is 0 Å². The van der Waals surface area contributed by atoms with Crippen LogP contribution >= 0.6 is 0 Å². The minimum atomic E-state index is -3.95. The molecule has 1 aromatic carbocycles. The van der Waals surface area contributed by atoms with Gasteiger partial charge in [0, 0.05) is 18.4 Å². The Kier molecular flexibility index (Phi) is 11.4. The smallest absolute Gasteiger partial charge is 0.408 e. The van der Waals surface area contributed by atoms with E-state index in [9.17, 15) is 27.6 Å². The predicted octanol–water partition coefficient (Wildman–Crippen LogP) is 3.94. The minimum Gasteiger partial charge on any atom is -0.497 e. The fourth-order valence-corrected chi connectivity index (χ4v) is 8.66. The molecular weight excluding hydrogens is 729 g/mol. The highest BCUT2D eigenvalue weighted by Gasteiger charge is 2.50. The number of alkyl carbamates (subject to hydrolysis) is 1. The van der Waals surface area contributed by atoms with E-state index in [1.54, 1.807) is 40.9 Å². The maximum absolute atomic E-state index is 14.6. The number of hydrogen-bond donors (Lipinski definition) is 3. The zero-order chi connectivity index (χ0) is 39.9. The summed E-state index contributed by atoms with van der Waals surface area (Å²) < 4.78 is 45.5. The number of sulfonamides is 1. The predicted molar refractivity (Wildman–Crippen MR) is 204 cm³/mol. The van der Waals surface area contributed by atoms with Crippen molar-refractivity contribution in [3.63, 3.8) is 0 Å². The first-order chi connectivity index (χ1) is 25.9. The SMILES string of the molecule is C=CC(C)[C@@](C)(NC(=O)[C@@H]1C[C@@H]2CN1C(=O)[C@H](C(C)(C)C)NC(=O)O[C@@H]1C[C@H]1CCCCCc1nc3ccc(OC)cc3nc1O2)C(=O)NS(=O)(=O)C1CC1. The van der Waals surface area contributed by atoms with Crippen LogP contribution in [0, 0.1) is 17.3 Å². The van der Waals surface area contributed by atoms with Crippen molar-refractivity contribution in [3.8, 4) is 11.6 Å². The number of fused-ring (bicyclic) bond motifs is 5. The van der Waals surface area contributed by atoms with E-state index in [0.717, 1.165) is 32.1 Å². The van der Waals surface area contributed by atoms with Gasteiger partial charge in [-0.2, -0.15) is 0 Å². The van der Waals surface area contributed by atoms with Gasteiger partial charge in [0.05, 0.1) is 29.9 Å². The monoisotopic (exact) mass is 782 g/mol. The maximum Gasteiger partial charge on any atom is 0.408 e. The number of benzene rings is 1. The molecule has 0 radical (unpaired) electrons. The highest BCUT2D eigenvalue weighted by molar-refractivity contribution is 7.91. The van der Waals surface area contributed by atoms with Gasteiger partial charge in [-0.1, -0.05) is 46.6 Å². The quantitative estimate of drug-likeness (QED) is 0.329. The van der Waals surface area contributed by atoms with Crippen LogP contribution in [0.15, 0.2) is 30.9 Å². The maximum atomic E-state index is 14.6. The van der Waals surface area contributed by atoms with Gasteiger partial charge in [0.1, 0.15) is 41.3 Å². The fourth-order valence-electron chi connectivity index (χ4n) is 7.27. The molecule has 0 spiro atoms. The average Bonchev–Trinajstić information content (AvgIpc) is 4.06. The van der Waals surface area contributed by atoms with Gasteiger partial charge >= 0.3 is 6.09 Å². The lowest BCUT2D eigenvalue weighted by atomic mass is 9.85. The van der Waals surface area contributed by atoms with Crippen molar-refractivity contribution in [2.24, 2.45) is 17.3 Å². The average molecular weight is 783 g/mol. The minimum absolute atomic E-state index is 0.000443. The Morgan fingerprint density at radius 3 is 2.47 bits per heavy atom. The molecule has 3 N–H and O–H groups in total. The normalized spacial score (nSPS) is 26.7. The van der Waals surface area contributed by atoms with Crippen LogP contribution < -0.4 is 24.8 Å². The van der Waals surface area contributed by atoms with Gasteiger partial charge in [-0.05, 0) is 68.9 Å². The molecule has 1 unspecified atom stereocenters. The first kappa shape index (κ1) is 40.2. The third-order valence-electron chi connectivity index (χ3n) is 11.3. The molecule has 3 fully saturated rings. The van der Waals surface area contributed by atoms with Crippen molar-refractivity contribution in [2.45, 2.75) is 127 Å². The van der Waals surface area contributed by atoms with Gasteiger partial charge < -0.3 is 29.7 Å². The largest absolute Gasteiger partial charge is 0.497 e. The lowest BCUT2D eigenvalue weighted by Crippen LogP contribution is -2.64. The van der Waals surface area contributed by atoms with Crippen molar-refractivity contribution >= 4 is 44.9 Å². The second-order valence-corrected chi connectivity index (χ2v) is 18.6. The molecule has 1 aromatic heterocycles. The van der Waals surface area contributed by atoms with E-state index in [2.05, 4.69) is 21.9 Å². The van der Waals surface area contributed by atoms with E-state index < -0.39 is 74.1 Å². The number of aryl methyl sites for hydroxylation is 1. The van der Waals surface area contributed by atoms with Crippen molar-refractivity contribution in [3.05, 3.63) is 36.5 Å². The molecule has 15 nitrogen and oxygen atoms in total. The summed E-state index contributed by atoms with van der Waals surface area (Å²) in [4.78, 5) is 67.2. The molecule has 4 aliphatic rings. The molecule has 300 valence electrons. The number of ether oxygens (including phenoxy) is 3. The lowest BCUT2D eigenvalue weighted by molar-refractivity contribution is -0.143. The standard InChI is InChI=1S/C39H54N6O9S/c1-8-22(2)39(6,36(48)44-55(50,51)26-15-16-26)43-33(46)30-20-25-21-45(30)35(47)32(38(3,4)5)42-37(49)54-31-18-23(31)12-10-9-11-13-28-34(53-25)41-29-19-24(52-7)14-17-27(29)40-28/h8,14,17,19,22-23,25-26,30-32H,1,9-13,15-16,18,20-21H2,2-7H3,(H,42,49)(H,43,46)(H,44,48)/t22?,23-,25-,30+,31-,32-,39-/m1/s1.